The second-order valence-corrected chi connectivity index (χ2v) is 5.81. The molecule has 0 bridgehead atoms. The molecule has 0 radical (unpaired) electrons. The average molecular weight is 287 g/mol. The number of rotatable bonds is 5. The van der Waals surface area contributed by atoms with Crippen molar-refractivity contribution in [1.82, 2.24) is 4.31 Å². The zero-order valence-corrected chi connectivity index (χ0v) is 11.4. The fourth-order valence-corrected chi connectivity index (χ4v) is 2.68. The second-order valence-electron chi connectivity index (χ2n) is 3.76. The van der Waals surface area contributed by atoms with E-state index in [2.05, 4.69) is 0 Å². The molecule has 0 aliphatic heterocycles. The zero-order chi connectivity index (χ0) is 14.6. The van der Waals surface area contributed by atoms with Gasteiger partial charge in [-0.05, 0) is 12.1 Å². The van der Waals surface area contributed by atoms with Gasteiger partial charge < -0.3 is 10.5 Å². The lowest BCUT2D eigenvalue weighted by Crippen LogP contribution is -2.28. The highest BCUT2D eigenvalue weighted by molar-refractivity contribution is 7.89. The van der Waals surface area contributed by atoms with Gasteiger partial charge in [-0.2, -0.15) is 9.57 Å². The van der Waals surface area contributed by atoms with Crippen molar-refractivity contribution in [3.8, 4) is 11.8 Å². The number of ether oxygens (including phenoxy) is 1. The van der Waals surface area contributed by atoms with Crippen LogP contribution in [0.2, 0.25) is 0 Å². The van der Waals surface area contributed by atoms with Crippen molar-refractivity contribution in [3.63, 3.8) is 0 Å². The standard InChI is InChI=1S/C11H14FN3O3S/c1-15(5-3-4-13)19(16,17)8-6-9(12)11(18-2)10(14)7-8/h6-7H,3,5,14H2,1-2H3. The lowest BCUT2D eigenvalue weighted by atomic mass is 10.3. The van der Waals surface area contributed by atoms with E-state index in [-0.39, 0.29) is 29.3 Å². The minimum Gasteiger partial charge on any atom is -0.492 e. The quantitative estimate of drug-likeness (QED) is 0.813. The number of benzene rings is 1. The van der Waals surface area contributed by atoms with Crippen LogP contribution in [0, 0.1) is 17.1 Å². The third-order valence-corrected chi connectivity index (χ3v) is 4.33. The number of nitrogens with zero attached hydrogens (tertiary/aromatic N) is 2. The molecule has 104 valence electrons. The summed E-state index contributed by atoms with van der Waals surface area (Å²) in [4.78, 5) is -0.274. The molecular formula is C11H14FN3O3S. The molecule has 2 N–H and O–H groups in total. The number of halogens is 1. The van der Waals surface area contributed by atoms with E-state index in [1.165, 1.54) is 14.2 Å². The third-order valence-electron chi connectivity index (χ3n) is 2.50. The van der Waals surface area contributed by atoms with Gasteiger partial charge in [-0.3, -0.25) is 0 Å². The molecule has 0 fully saturated rings. The first-order valence-corrected chi connectivity index (χ1v) is 6.75. The van der Waals surface area contributed by atoms with Crippen LogP contribution in [-0.4, -0.2) is 33.4 Å². The number of methoxy groups -OCH3 is 1. The SMILES string of the molecule is COc1c(N)cc(S(=O)(=O)N(C)CCC#N)cc1F. The lowest BCUT2D eigenvalue weighted by Gasteiger charge is -2.16. The fourth-order valence-electron chi connectivity index (χ4n) is 1.46. The summed E-state index contributed by atoms with van der Waals surface area (Å²) in [6, 6.07) is 3.80. The Hall–Kier alpha value is -1.85. The number of nitrogen functional groups attached to an aromatic ring is 1. The van der Waals surface area contributed by atoms with Crippen molar-refractivity contribution in [1.29, 1.82) is 5.26 Å². The maximum absolute atomic E-state index is 13.6. The van der Waals surface area contributed by atoms with Gasteiger partial charge in [0, 0.05) is 20.0 Å². The van der Waals surface area contributed by atoms with Crippen molar-refractivity contribution in [2.24, 2.45) is 0 Å². The average Bonchev–Trinajstić information content (AvgIpc) is 2.35. The number of hydrogen-bond donors (Lipinski definition) is 1. The predicted molar refractivity (Wildman–Crippen MR) is 67.4 cm³/mol. The van der Waals surface area contributed by atoms with E-state index in [1.807, 2.05) is 6.07 Å². The molecule has 0 aliphatic rings. The van der Waals surface area contributed by atoms with Crippen molar-refractivity contribution in [2.75, 3.05) is 26.4 Å². The molecule has 1 aromatic rings. The van der Waals surface area contributed by atoms with Gasteiger partial charge in [0.25, 0.3) is 0 Å². The van der Waals surface area contributed by atoms with Crippen molar-refractivity contribution < 1.29 is 17.5 Å². The third kappa shape index (κ3) is 3.13. The minimum atomic E-state index is -3.87. The molecule has 19 heavy (non-hydrogen) atoms. The summed E-state index contributed by atoms with van der Waals surface area (Å²) in [5.74, 6) is -1.05. The number of nitriles is 1. The van der Waals surface area contributed by atoms with Crippen LogP contribution >= 0.6 is 0 Å². The summed E-state index contributed by atoms with van der Waals surface area (Å²) in [5, 5.41) is 8.44. The summed E-state index contributed by atoms with van der Waals surface area (Å²) in [6.45, 7) is 0.0202. The summed E-state index contributed by atoms with van der Waals surface area (Å²) >= 11 is 0. The van der Waals surface area contributed by atoms with Crippen LogP contribution in [0.5, 0.6) is 5.75 Å². The lowest BCUT2D eigenvalue weighted by molar-refractivity contribution is 0.387. The molecule has 0 heterocycles. The monoisotopic (exact) mass is 287 g/mol. The van der Waals surface area contributed by atoms with E-state index in [4.69, 9.17) is 15.7 Å². The highest BCUT2D eigenvalue weighted by Gasteiger charge is 2.23. The first-order chi connectivity index (χ1) is 8.84. The molecule has 0 saturated heterocycles. The molecule has 0 atom stereocenters. The van der Waals surface area contributed by atoms with Crippen LogP contribution in [0.4, 0.5) is 10.1 Å². The van der Waals surface area contributed by atoms with Gasteiger partial charge in [0.05, 0.1) is 23.8 Å². The molecule has 1 aromatic carbocycles. The predicted octanol–water partition coefficient (Wildman–Crippen LogP) is 0.951. The van der Waals surface area contributed by atoms with Crippen LogP contribution in [-0.2, 0) is 10.0 Å². The molecule has 0 amide bonds. The van der Waals surface area contributed by atoms with Gasteiger partial charge in [-0.25, -0.2) is 12.8 Å². The topological polar surface area (TPSA) is 96.4 Å². The van der Waals surface area contributed by atoms with Crippen LogP contribution < -0.4 is 10.5 Å². The second kappa shape index (κ2) is 5.86. The van der Waals surface area contributed by atoms with Crippen molar-refractivity contribution >= 4 is 15.7 Å². The van der Waals surface area contributed by atoms with E-state index in [9.17, 15) is 12.8 Å². The Morgan fingerprint density at radius 2 is 2.16 bits per heavy atom. The van der Waals surface area contributed by atoms with E-state index in [0.29, 0.717) is 0 Å². The largest absolute Gasteiger partial charge is 0.492 e. The van der Waals surface area contributed by atoms with E-state index in [1.54, 1.807) is 0 Å². The number of sulfonamides is 1. The molecular weight excluding hydrogens is 273 g/mol. The van der Waals surface area contributed by atoms with Crippen LogP contribution in [0.1, 0.15) is 6.42 Å². The Labute approximate surface area is 111 Å². The molecule has 0 spiro atoms. The minimum absolute atomic E-state index is 0.0202. The number of anilines is 1. The molecule has 8 heteroatoms. The highest BCUT2D eigenvalue weighted by atomic mass is 32.2. The van der Waals surface area contributed by atoms with Crippen LogP contribution in [0.25, 0.3) is 0 Å². The molecule has 1 rings (SSSR count). The number of hydrogen-bond acceptors (Lipinski definition) is 5. The Morgan fingerprint density at radius 3 is 2.63 bits per heavy atom. The smallest absolute Gasteiger partial charge is 0.243 e. The van der Waals surface area contributed by atoms with Gasteiger partial charge in [0.15, 0.2) is 11.6 Å². The highest BCUT2D eigenvalue weighted by Crippen LogP contribution is 2.29. The van der Waals surface area contributed by atoms with Crippen molar-refractivity contribution in [2.45, 2.75) is 11.3 Å². The summed E-state index contributed by atoms with van der Waals surface area (Å²) < 4.78 is 43.5. The summed E-state index contributed by atoms with van der Waals surface area (Å²) in [6.07, 6.45) is 0.0455. The van der Waals surface area contributed by atoms with Gasteiger partial charge in [0.2, 0.25) is 10.0 Å². The summed E-state index contributed by atoms with van der Waals surface area (Å²) in [7, 11) is -1.33. The molecule has 0 aliphatic carbocycles. The first kappa shape index (κ1) is 15.2. The van der Waals surface area contributed by atoms with E-state index in [0.717, 1.165) is 16.4 Å². The Morgan fingerprint density at radius 1 is 1.53 bits per heavy atom. The Kier molecular flexibility index (Phi) is 4.69. The first-order valence-electron chi connectivity index (χ1n) is 5.31. The van der Waals surface area contributed by atoms with Gasteiger partial charge in [-0.15, -0.1) is 0 Å². The zero-order valence-electron chi connectivity index (χ0n) is 10.6. The molecule has 0 unspecified atom stereocenters. The van der Waals surface area contributed by atoms with Gasteiger partial charge >= 0.3 is 0 Å². The normalized spacial score (nSPS) is 11.3. The maximum atomic E-state index is 13.6. The van der Waals surface area contributed by atoms with Gasteiger partial charge in [-0.1, -0.05) is 0 Å². The molecule has 0 saturated carbocycles. The van der Waals surface area contributed by atoms with E-state index >= 15 is 0 Å². The Balaban J connectivity index is 3.20. The van der Waals surface area contributed by atoms with Gasteiger partial charge in [0.1, 0.15) is 0 Å². The van der Waals surface area contributed by atoms with E-state index < -0.39 is 15.8 Å². The molecule has 0 aromatic heterocycles. The Bertz CT molecular complexity index is 587. The van der Waals surface area contributed by atoms with Crippen LogP contribution in [0.3, 0.4) is 0 Å². The van der Waals surface area contributed by atoms with Crippen molar-refractivity contribution in [3.05, 3.63) is 17.9 Å². The summed E-state index contributed by atoms with van der Waals surface area (Å²) in [5.41, 5.74) is 5.43. The maximum Gasteiger partial charge on any atom is 0.243 e. The molecule has 6 nitrogen and oxygen atoms in total. The number of nitrogens with two attached hydrogens (primary N) is 1. The fraction of sp³-hybridized carbons (Fsp3) is 0.364. The van der Waals surface area contributed by atoms with Crippen LogP contribution in [0.15, 0.2) is 17.0 Å².